The molecular formula is C16H18O2. The minimum atomic E-state index is -0.382. The zero-order valence-electron chi connectivity index (χ0n) is 10.8. The van der Waals surface area contributed by atoms with E-state index in [1.54, 1.807) is 0 Å². The largest absolute Gasteiger partial charge is 0.469 e. The standard InChI is InChI=1S/C16H18O2/c1-13(15(17)18-2)16(11-7-4-8-12-16)14-9-5-3-6-10-14/h3,5-13H,4H2,1-2H3. The molecule has 18 heavy (non-hydrogen) atoms. The van der Waals surface area contributed by atoms with E-state index < -0.39 is 0 Å². The molecule has 0 fully saturated rings. The van der Waals surface area contributed by atoms with Crippen LogP contribution in [0.3, 0.4) is 0 Å². The molecule has 1 aromatic carbocycles. The van der Waals surface area contributed by atoms with Gasteiger partial charge in [0, 0.05) is 5.41 Å². The van der Waals surface area contributed by atoms with Crippen LogP contribution in [0.25, 0.3) is 0 Å². The maximum atomic E-state index is 11.9. The molecule has 0 spiro atoms. The fourth-order valence-corrected chi connectivity index (χ4v) is 2.49. The Labute approximate surface area is 108 Å². The molecule has 0 aliphatic heterocycles. The van der Waals surface area contributed by atoms with Crippen LogP contribution in [0.1, 0.15) is 18.9 Å². The maximum Gasteiger partial charge on any atom is 0.309 e. The number of carbonyl (C=O) groups is 1. The summed E-state index contributed by atoms with van der Waals surface area (Å²) in [7, 11) is 1.44. The number of carbonyl (C=O) groups excluding carboxylic acids is 1. The van der Waals surface area contributed by atoms with Crippen LogP contribution in [0.4, 0.5) is 0 Å². The number of hydrogen-bond donors (Lipinski definition) is 0. The number of allylic oxidation sites excluding steroid dienone is 4. The van der Waals surface area contributed by atoms with Gasteiger partial charge in [-0.15, -0.1) is 0 Å². The highest BCUT2D eigenvalue weighted by atomic mass is 16.5. The minimum absolute atomic E-state index is 0.185. The Morgan fingerprint density at radius 2 is 1.83 bits per heavy atom. The number of benzene rings is 1. The summed E-state index contributed by atoms with van der Waals surface area (Å²) in [6.45, 7) is 1.92. The molecule has 1 aliphatic rings. The first kappa shape index (κ1) is 12.6. The van der Waals surface area contributed by atoms with Gasteiger partial charge in [0.15, 0.2) is 0 Å². The van der Waals surface area contributed by atoms with Gasteiger partial charge >= 0.3 is 5.97 Å². The Balaban J connectivity index is 2.48. The second-order valence-corrected chi connectivity index (χ2v) is 4.58. The van der Waals surface area contributed by atoms with Crippen LogP contribution in [0.2, 0.25) is 0 Å². The lowest BCUT2D eigenvalue weighted by Gasteiger charge is -2.34. The van der Waals surface area contributed by atoms with Gasteiger partial charge in [-0.3, -0.25) is 4.79 Å². The van der Waals surface area contributed by atoms with Crippen molar-refractivity contribution in [2.75, 3.05) is 7.11 Å². The first-order valence-corrected chi connectivity index (χ1v) is 6.19. The van der Waals surface area contributed by atoms with E-state index in [0.717, 1.165) is 12.0 Å². The van der Waals surface area contributed by atoms with Gasteiger partial charge in [-0.2, -0.15) is 0 Å². The summed E-state index contributed by atoms with van der Waals surface area (Å²) < 4.78 is 4.91. The second-order valence-electron chi connectivity index (χ2n) is 4.58. The lowest BCUT2D eigenvalue weighted by atomic mass is 9.69. The van der Waals surface area contributed by atoms with E-state index in [1.807, 2.05) is 25.1 Å². The van der Waals surface area contributed by atoms with E-state index >= 15 is 0 Å². The molecular weight excluding hydrogens is 224 g/mol. The highest BCUT2D eigenvalue weighted by Gasteiger charge is 2.38. The van der Waals surface area contributed by atoms with Crippen molar-refractivity contribution < 1.29 is 9.53 Å². The minimum Gasteiger partial charge on any atom is -0.469 e. The van der Waals surface area contributed by atoms with Crippen LogP contribution in [-0.2, 0) is 14.9 Å². The molecule has 94 valence electrons. The van der Waals surface area contributed by atoms with Gasteiger partial charge < -0.3 is 4.74 Å². The first-order valence-electron chi connectivity index (χ1n) is 6.19. The molecule has 1 aliphatic carbocycles. The van der Waals surface area contributed by atoms with Crippen LogP contribution in [0.15, 0.2) is 54.6 Å². The fraction of sp³-hybridized carbons (Fsp3) is 0.312. The van der Waals surface area contributed by atoms with Gasteiger partial charge in [-0.05, 0) is 12.0 Å². The van der Waals surface area contributed by atoms with Crippen LogP contribution in [0, 0.1) is 5.92 Å². The molecule has 0 heterocycles. The van der Waals surface area contributed by atoms with E-state index in [2.05, 4.69) is 36.4 Å². The van der Waals surface area contributed by atoms with E-state index in [9.17, 15) is 4.79 Å². The van der Waals surface area contributed by atoms with Crippen LogP contribution in [-0.4, -0.2) is 13.1 Å². The molecule has 0 saturated carbocycles. The molecule has 1 aromatic rings. The molecule has 0 saturated heterocycles. The van der Waals surface area contributed by atoms with Gasteiger partial charge in [-0.1, -0.05) is 61.6 Å². The summed E-state index contributed by atoms with van der Waals surface area (Å²) in [4.78, 5) is 11.9. The van der Waals surface area contributed by atoms with Crippen molar-refractivity contribution in [2.45, 2.75) is 18.8 Å². The van der Waals surface area contributed by atoms with Crippen molar-refractivity contribution in [2.24, 2.45) is 5.92 Å². The smallest absolute Gasteiger partial charge is 0.309 e. The lowest BCUT2D eigenvalue weighted by Crippen LogP contribution is -2.36. The lowest BCUT2D eigenvalue weighted by molar-refractivity contribution is -0.146. The van der Waals surface area contributed by atoms with Gasteiger partial charge in [0.1, 0.15) is 0 Å². The molecule has 1 atom stereocenters. The number of ether oxygens (including phenoxy) is 1. The van der Waals surface area contributed by atoms with Crippen LogP contribution < -0.4 is 0 Å². The molecule has 2 heteroatoms. The van der Waals surface area contributed by atoms with Crippen molar-refractivity contribution in [3.05, 3.63) is 60.2 Å². The Kier molecular flexibility index (Phi) is 3.66. The summed E-state index contributed by atoms with van der Waals surface area (Å²) in [5.41, 5.74) is 0.738. The monoisotopic (exact) mass is 242 g/mol. The molecule has 1 unspecified atom stereocenters. The Hall–Kier alpha value is -1.83. The van der Waals surface area contributed by atoms with Crippen molar-refractivity contribution in [1.82, 2.24) is 0 Å². The first-order chi connectivity index (χ1) is 8.70. The van der Waals surface area contributed by atoms with E-state index in [0.29, 0.717) is 0 Å². The highest BCUT2D eigenvalue weighted by Crippen LogP contribution is 2.38. The third kappa shape index (κ3) is 2.10. The SMILES string of the molecule is COC(=O)C(C)C1(c2ccccc2)C=CCC=C1. The molecule has 0 aromatic heterocycles. The van der Waals surface area contributed by atoms with Crippen molar-refractivity contribution in [3.63, 3.8) is 0 Å². The van der Waals surface area contributed by atoms with E-state index in [4.69, 9.17) is 4.74 Å². The van der Waals surface area contributed by atoms with E-state index in [-0.39, 0.29) is 17.3 Å². The molecule has 2 rings (SSSR count). The van der Waals surface area contributed by atoms with Crippen LogP contribution in [0.5, 0.6) is 0 Å². The summed E-state index contributed by atoms with van der Waals surface area (Å²) in [6.07, 6.45) is 9.36. The van der Waals surface area contributed by atoms with Gasteiger partial charge in [0.2, 0.25) is 0 Å². The number of rotatable bonds is 3. The summed E-state index contributed by atoms with van der Waals surface area (Å²) >= 11 is 0. The number of esters is 1. The predicted octanol–water partition coefficient (Wildman–Crippen LogP) is 3.25. The topological polar surface area (TPSA) is 26.3 Å². The van der Waals surface area contributed by atoms with Crippen molar-refractivity contribution in [1.29, 1.82) is 0 Å². The zero-order chi connectivity index (χ0) is 13.0. The normalized spacial score (nSPS) is 18.3. The maximum absolute atomic E-state index is 11.9. The molecule has 0 N–H and O–H groups in total. The third-order valence-electron chi connectivity index (χ3n) is 3.60. The quantitative estimate of drug-likeness (QED) is 0.600. The molecule has 0 radical (unpaired) electrons. The summed E-state index contributed by atoms with van der Waals surface area (Å²) in [5, 5.41) is 0. The zero-order valence-corrected chi connectivity index (χ0v) is 10.8. The third-order valence-corrected chi connectivity index (χ3v) is 3.60. The Morgan fingerprint density at radius 1 is 1.22 bits per heavy atom. The molecule has 0 bridgehead atoms. The highest BCUT2D eigenvalue weighted by molar-refractivity contribution is 5.76. The van der Waals surface area contributed by atoms with Gasteiger partial charge in [-0.25, -0.2) is 0 Å². The predicted molar refractivity (Wildman–Crippen MR) is 72.2 cm³/mol. The number of methoxy groups -OCH3 is 1. The molecule has 2 nitrogen and oxygen atoms in total. The Bertz CT molecular complexity index is 459. The number of hydrogen-bond acceptors (Lipinski definition) is 2. The van der Waals surface area contributed by atoms with Crippen molar-refractivity contribution >= 4 is 5.97 Å². The molecule has 0 amide bonds. The van der Waals surface area contributed by atoms with Crippen molar-refractivity contribution in [3.8, 4) is 0 Å². The summed E-state index contributed by atoms with van der Waals surface area (Å²) in [5.74, 6) is -0.423. The second kappa shape index (κ2) is 5.21. The van der Waals surface area contributed by atoms with Crippen LogP contribution >= 0.6 is 0 Å². The Morgan fingerprint density at radius 3 is 2.39 bits per heavy atom. The van der Waals surface area contributed by atoms with E-state index in [1.165, 1.54) is 7.11 Å². The van der Waals surface area contributed by atoms with Gasteiger partial charge in [0.25, 0.3) is 0 Å². The fourth-order valence-electron chi connectivity index (χ4n) is 2.49. The average Bonchev–Trinajstić information content (AvgIpc) is 2.47. The average molecular weight is 242 g/mol. The van der Waals surface area contributed by atoms with Gasteiger partial charge in [0.05, 0.1) is 13.0 Å². The summed E-state index contributed by atoms with van der Waals surface area (Å²) in [6, 6.07) is 10.1.